The van der Waals surface area contributed by atoms with Gasteiger partial charge in [0.15, 0.2) is 0 Å². The summed E-state index contributed by atoms with van der Waals surface area (Å²) in [5.74, 6) is 0.984. The molecule has 0 aliphatic carbocycles. The molecule has 21 heavy (non-hydrogen) atoms. The first kappa shape index (κ1) is 14.4. The topological polar surface area (TPSA) is 28.2 Å². The number of aromatic nitrogens is 1. The van der Waals surface area contributed by atoms with Crippen molar-refractivity contribution in [1.29, 1.82) is 0 Å². The van der Waals surface area contributed by atoms with Crippen molar-refractivity contribution in [1.82, 2.24) is 10.3 Å². The van der Waals surface area contributed by atoms with Crippen molar-refractivity contribution in [3.8, 4) is 0 Å². The highest BCUT2D eigenvalue weighted by atomic mass is 35.5. The molecular formula is C17H20ClN3. The third-order valence-electron chi connectivity index (χ3n) is 3.79. The van der Waals surface area contributed by atoms with Crippen molar-refractivity contribution in [2.75, 3.05) is 18.0 Å². The lowest BCUT2D eigenvalue weighted by atomic mass is 10.2. The Morgan fingerprint density at radius 2 is 2.10 bits per heavy atom. The van der Waals surface area contributed by atoms with E-state index in [2.05, 4.69) is 41.4 Å². The fraction of sp³-hybridized carbons (Fsp3) is 0.353. The monoisotopic (exact) mass is 301 g/mol. The highest BCUT2D eigenvalue weighted by Gasteiger charge is 2.21. The van der Waals surface area contributed by atoms with Gasteiger partial charge in [0.1, 0.15) is 5.82 Å². The highest BCUT2D eigenvalue weighted by Crippen LogP contribution is 2.33. The zero-order chi connectivity index (χ0) is 14.7. The van der Waals surface area contributed by atoms with E-state index in [1.54, 1.807) is 0 Å². The van der Waals surface area contributed by atoms with Crippen LogP contribution >= 0.6 is 11.6 Å². The van der Waals surface area contributed by atoms with Crippen LogP contribution < -0.4 is 10.2 Å². The molecule has 0 radical (unpaired) electrons. The van der Waals surface area contributed by atoms with Gasteiger partial charge in [-0.05, 0) is 43.1 Å². The summed E-state index contributed by atoms with van der Waals surface area (Å²) in [7, 11) is 0. The molecule has 1 aromatic carbocycles. The number of hydrogen-bond acceptors (Lipinski definition) is 3. The molecule has 1 N–H and O–H groups in total. The predicted molar refractivity (Wildman–Crippen MR) is 88.4 cm³/mol. The number of anilines is 2. The van der Waals surface area contributed by atoms with Crippen molar-refractivity contribution in [2.24, 2.45) is 0 Å². The van der Waals surface area contributed by atoms with E-state index < -0.39 is 0 Å². The Morgan fingerprint density at radius 3 is 2.95 bits per heavy atom. The molecule has 0 saturated heterocycles. The van der Waals surface area contributed by atoms with Crippen LogP contribution in [0, 0.1) is 0 Å². The van der Waals surface area contributed by atoms with Crippen LogP contribution in [0.4, 0.5) is 11.5 Å². The van der Waals surface area contributed by atoms with Crippen molar-refractivity contribution in [3.05, 3.63) is 52.7 Å². The Morgan fingerprint density at radius 1 is 1.24 bits per heavy atom. The second kappa shape index (κ2) is 6.46. The third-order valence-corrected chi connectivity index (χ3v) is 4.13. The van der Waals surface area contributed by atoms with Gasteiger partial charge >= 0.3 is 0 Å². The van der Waals surface area contributed by atoms with Gasteiger partial charge in [-0.25, -0.2) is 4.98 Å². The van der Waals surface area contributed by atoms with E-state index in [0.29, 0.717) is 0 Å². The van der Waals surface area contributed by atoms with Crippen LogP contribution in [0.3, 0.4) is 0 Å². The Hall–Kier alpha value is -1.58. The van der Waals surface area contributed by atoms with Gasteiger partial charge in [-0.3, -0.25) is 0 Å². The van der Waals surface area contributed by atoms with Gasteiger partial charge < -0.3 is 10.2 Å². The Kier molecular flexibility index (Phi) is 4.42. The van der Waals surface area contributed by atoms with E-state index in [1.165, 1.54) is 11.3 Å². The molecular weight excluding hydrogens is 282 g/mol. The van der Waals surface area contributed by atoms with E-state index in [4.69, 9.17) is 16.6 Å². The number of nitrogens with zero attached hydrogens (tertiary/aromatic N) is 2. The van der Waals surface area contributed by atoms with Gasteiger partial charge in [0.25, 0.3) is 0 Å². The normalized spacial score (nSPS) is 13.5. The zero-order valence-corrected chi connectivity index (χ0v) is 13.0. The van der Waals surface area contributed by atoms with Crippen LogP contribution in [0.5, 0.6) is 0 Å². The number of pyridine rings is 1. The van der Waals surface area contributed by atoms with Crippen LogP contribution in [-0.2, 0) is 13.0 Å². The van der Waals surface area contributed by atoms with E-state index in [0.717, 1.165) is 49.0 Å². The molecule has 0 spiro atoms. The first-order chi connectivity index (χ1) is 10.3. The quantitative estimate of drug-likeness (QED) is 0.848. The Balaban J connectivity index is 1.85. The van der Waals surface area contributed by atoms with E-state index >= 15 is 0 Å². The molecule has 1 aliphatic rings. The lowest BCUT2D eigenvalue weighted by molar-refractivity contribution is 0.664. The van der Waals surface area contributed by atoms with Crippen LogP contribution in [0.2, 0.25) is 5.02 Å². The van der Waals surface area contributed by atoms with Gasteiger partial charge in [-0.15, -0.1) is 0 Å². The number of rotatable bonds is 5. The van der Waals surface area contributed by atoms with Crippen LogP contribution in [0.25, 0.3) is 0 Å². The van der Waals surface area contributed by atoms with Crippen molar-refractivity contribution >= 4 is 23.1 Å². The number of benzene rings is 1. The maximum Gasteiger partial charge on any atom is 0.133 e. The molecule has 0 amide bonds. The molecule has 2 heterocycles. The molecule has 0 fully saturated rings. The van der Waals surface area contributed by atoms with Gasteiger partial charge in [0.05, 0.1) is 10.7 Å². The van der Waals surface area contributed by atoms with Crippen molar-refractivity contribution < 1.29 is 0 Å². The maximum atomic E-state index is 6.26. The average molecular weight is 302 g/mol. The largest absolute Gasteiger partial charge is 0.326 e. The summed E-state index contributed by atoms with van der Waals surface area (Å²) in [6, 6.07) is 12.5. The Labute approximate surface area is 131 Å². The number of nitrogens with one attached hydrogen (secondary N) is 1. The van der Waals surface area contributed by atoms with Crippen LogP contribution in [0.15, 0.2) is 36.4 Å². The fourth-order valence-corrected chi connectivity index (χ4v) is 2.88. The van der Waals surface area contributed by atoms with Crippen LogP contribution in [-0.4, -0.2) is 18.1 Å². The number of hydrogen-bond donors (Lipinski definition) is 1. The van der Waals surface area contributed by atoms with E-state index in [9.17, 15) is 0 Å². The summed E-state index contributed by atoms with van der Waals surface area (Å²) in [6.45, 7) is 4.83. The minimum Gasteiger partial charge on any atom is -0.326 e. The lowest BCUT2D eigenvalue weighted by Crippen LogP contribution is -2.18. The highest BCUT2D eigenvalue weighted by molar-refractivity contribution is 6.31. The van der Waals surface area contributed by atoms with E-state index in [-0.39, 0.29) is 0 Å². The summed E-state index contributed by atoms with van der Waals surface area (Å²) >= 11 is 6.26. The summed E-state index contributed by atoms with van der Waals surface area (Å²) in [5, 5.41) is 4.10. The SMILES string of the molecule is CCCNCc1nc(N2CCc3ccccc32)ccc1Cl. The minimum absolute atomic E-state index is 0.718. The molecule has 0 atom stereocenters. The summed E-state index contributed by atoms with van der Waals surface area (Å²) in [4.78, 5) is 7.03. The third kappa shape index (κ3) is 3.04. The summed E-state index contributed by atoms with van der Waals surface area (Å²) in [5.41, 5.74) is 3.58. The predicted octanol–water partition coefficient (Wildman–Crippen LogP) is 3.93. The van der Waals surface area contributed by atoms with Gasteiger partial charge in [-0.2, -0.15) is 0 Å². The van der Waals surface area contributed by atoms with Crippen molar-refractivity contribution in [3.63, 3.8) is 0 Å². The molecule has 0 bridgehead atoms. The number of halogens is 1. The first-order valence-electron chi connectivity index (χ1n) is 7.51. The first-order valence-corrected chi connectivity index (χ1v) is 7.89. The molecule has 4 heteroatoms. The Bertz CT molecular complexity index is 627. The van der Waals surface area contributed by atoms with Crippen LogP contribution in [0.1, 0.15) is 24.6 Å². The molecule has 0 unspecified atom stereocenters. The maximum absolute atomic E-state index is 6.26. The standard InChI is InChI=1S/C17H20ClN3/c1-2-10-19-12-15-14(18)7-8-17(20-15)21-11-9-13-5-3-4-6-16(13)21/h3-8,19H,2,9-12H2,1H3. The lowest BCUT2D eigenvalue weighted by Gasteiger charge is -2.19. The summed E-state index contributed by atoms with van der Waals surface area (Å²) in [6.07, 6.45) is 2.18. The molecule has 1 aliphatic heterocycles. The molecule has 0 saturated carbocycles. The number of fused-ring (bicyclic) bond motifs is 1. The molecule has 2 aromatic rings. The zero-order valence-electron chi connectivity index (χ0n) is 12.3. The molecule has 3 rings (SSSR count). The average Bonchev–Trinajstić information content (AvgIpc) is 2.93. The fourth-order valence-electron chi connectivity index (χ4n) is 2.71. The number of para-hydroxylation sites is 1. The van der Waals surface area contributed by atoms with Gasteiger partial charge in [0, 0.05) is 18.8 Å². The molecule has 3 nitrogen and oxygen atoms in total. The second-order valence-electron chi connectivity index (χ2n) is 5.31. The minimum atomic E-state index is 0.718. The second-order valence-corrected chi connectivity index (χ2v) is 5.71. The molecule has 1 aromatic heterocycles. The van der Waals surface area contributed by atoms with Gasteiger partial charge in [-0.1, -0.05) is 36.7 Å². The van der Waals surface area contributed by atoms with E-state index in [1.807, 2.05) is 12.1 Å². The van der Waals surface area contributed by atoms with Gasteiger partial charge in [0.2, 0.25) is 0 Å². The molecule has 110 valence electrons. The van der Waals surface area contributed by atoms with Crippen molar-refractivity contribution in [2.45, 2.75) is 26.3 Å². The smallest absolute Gasteiger partial charge is 0.133 e. The summed E-state index contributed by atoms with van der Waals surface area (Å²) < 4.78 is 0.